The summed E-state index contributed by atoms with van der Waals surface area (Å²) < 4.78 is 0.326. The molecule has 0 amide bonds. The molecule has 4 aromatic carbocycles. The molecule has 2 aliphatic heterocycles. The van der Waals surface area contributed by atoms with Crippen LogP contribution in [0, 0.1) is 0 Å². The smallest absolute Gasteiger partial charge is 0.166 e. The van der Waals surface area contributed by atoms with Crippen LogP contribution >= 0.6 is 178 Å². The first-order chi connectivity index (χ1) is 26.0. The van der Waals surface area contributed by atoms with Gasteiger partial charge in [0.1, 0.15) is 22.6 Å². The molecule has 0 unspecified atom stereocenters. The second-order valence-corrected chi connectivity index (χ2v) is 17.7. The average Bonchev–Trinajstić information content (AvgIpc) is 3.89. The Labute approximate surface area is 384 Å². The number of nitrogens with one attached hydrogen (secondary N) is 2. The topological polar surface area (TPSA) is 109 Å². The first kappa shape index (κ1) is 39.3. The predicted molar refractivity (Wildman–Crippen MR) is 234 cm³/mol. The van der Waals surface area contributed by atoms with Gasteiger partial charge in [0, 0.05) is 20.8 Å². The van der Waals surface area contributed by atoms with Gasteiger partial charge in [-0.1, -0.05) is 162 Å². The van der Waals surface area contributed by atoms with E-state index < -0.39 is 0 Å². The SMILES string of the molecule is Clc1cc2c(c(Cl)c1Cl)-c1nc-2nc2[nH]c(nc3nc(nc4[nH]c(n1)c1c(Cl)c(Cl)c(Cl)c(Cl)c41)-c1c(Cl)c(Cl)c(Cl)c(Cl)c1-3)c1c(Cl)c(Cl)c(Cl)c(Br)c21. The lowest BCUT2D eigenvalue weighted by molar-refractivity contribution is 1.19. The zero-order chi connectivity index (χ0) is 39.3. The zero-order valence-corrected chi connectivity index (χ0v) is 37.6. The first-order valence-corrected chi connectivity index (χ1v) is 20.7. The van der Waals surface area contributed by atoms with Crippen molar-refractivity contribution in [3.8, 4) is 45.6 Å². The minimum absolute atomic E-state index is 0.0114. The third-order valence-electron chi connectivity index (χ3n) is 8.59. The molecule has 9 rings (SSSR count). The summed E-state index contributed by atoms with van der Waals surface area (Å²) in [4.78, 5) is 35.3. The van der Waals surface area contributed by atoms with Gasteiger partial charge in [-0.3, -0.25) is 0 Å². The summed E-state index contributed by atoms with van der Waals surface area (Å²) in [6, 6.07) is 1.54. The molecular weight excluding hydrogens is 1070 g/mol. The second-order valence-electron chi connectivity index (χ2n) is 11.5. The van der Waals surface area contributed by atoms with Crippen LogP contribution in [0.1, 0.15) is 0 Å². The van der Waals surface area contributed by atoms with E-state index in [4.69, 9.17) is 192 Å². The van der Waals surface area contributed by atoms with Crippen LogP contribution in [0.4, 0.5) is 0 Å². The van der Waals surface area contributed by atoms with E-state index >= 15 is 0 Å². The Hall–Kier alpha value is -1.22. The van der Waals surface area contributed by atoms with E-state index in [9.17, 15) is 0 Å². The van der Waals surface area contributed by atoms with Crippen molar-refractivity contribution < 1.29 is 0 Å². The molecule has 3 aromatic heterocycles. The van der Waals surface area contributed by atoms with Crippen LogP contribution in [0.5, 0.6) is 0 Å². The van der Waals surface area contributed by atoms with Gasteiger partial charge in [0.25, 0.3) is 0 Å². The van der Waals surface area contributed by atoms with E-state index in [0.29, 0.717) is 15.4 Å². The molecule has 0 atom stereocenters. The molecule has 2 N–H and O–H groups in total. The Kier molecular flexibility index (Phi) is 9.94. The Morgan fingerprint density at radius 2 is 0.691 bits per heavy atom. The predicted octanol–water partition coefficient (Wildman–Crippen LogP) is 16.8. The van der Waals surface area contributed by atoms with Gasteiger partial charge in [-0.2, -0.15) is 0 Å². The van der Waals surface area contributed by atoms with E-state index in [1.165, 1.54) is 0 Å². The molecule has 2 aliphatic rings. The molecule has 55 heavy (non-hydrogen) atoms. The van der Waals surface area contributed by atoms with Crippen molar-refractivity contribution in [1.29, 1.82) is 0 Å². The van der Waals surface area contributed by atoms with Crippen LogP contribution in [0.2, 0.25) is 70.3 Å². The number of halogens is 15. The summed E-state index contributed by atoms with van der Waals surface area (Å²) in [6.07, 6.45) is 0. The van der Waals surface area contributed by atoms with E-state index in [1.54, 1.807) is 6.07 Å². The molecule has 0 fully saturated rings. The highest BCUT2D eigenvalue weighted by Crippen LogP contribution is 2.53. The number of aromatic amines is 2. The Morgan fingerprint density at radius 3 is 1.18 bits per heavy atom. The molecular formula is C32H3BrCl14N8. The molecule has 0 radical (unpaired) electrons. The fourth-order valence-electron chi connectivity index (χ4n) is 6.18. The minimum Gasteiger partial charge on any atom is -0.324 e. The standard InChI is InChI=1S/C32H3BrCl14N8/c33-11-5-6(14(37)20(43)19(11)42)28-51-27(5)49-25-2-1-3(34)12(35)13(36)4(2)26(48-25)50-29-7-8(16(39)22(45)21(44)15(7)38)31(53-29)55-32-10-9(30(52-28)54-32)17(40)23(46)24(47)18(10)41/h1H,(H2,48,49,50,51,52,53,54,55). The monoisotopic (exact) mass is 1070 g/mol. The number of benzene rings is 4. The van der Waals surface area contributed by atoms with Crippen molar-refractivity contribution in [2.24, 2.45) is 0 Å². The molecule has 276 valence electrons. The molecule has 8 bridgehead atoms. The quantitative estimate of drug-likeness (QED) is 0.116. The van der Waals surface area contributed by atoms with Crippen LogP contribution in [0.25, 0.3) is 89.7 Å². The van der Waals surface area contributed by atoms with Crippen molar-refractivity contribution in [3.63, 3.8) is 0 Å². The lowest BCUT2D eigenvalue weighted by Crippen LogP contribution is -1.88. The van der Waals surface area contributed by atoms with E-state index in [-0.39, 0.29) is 149 Å². The van der Waals surface area contributed by atoms with E-state index in [2.05, 4.69) is 25.9 Å². The van der Waals surface area contributed by atoms with Crippen LogP contribution in [0.3, 0.4) is 0 Å². The number of aromatic nitrogens is 8. The Bertz CT molecular complexity index is 3170. The highest BCUT2D eigenvalue weighted by atomic mass is 79.9. The molecule has 5 heterocycles. The number of hydrogen-bond donors (Lipinski definition) is 2. The van der Waals surface area contributed by atoms with Crippen molar-refractivity contribution >= 4 is 222 Å². The third kappa shape index (κ3) is 5.68. The molecule has 0 aliphatic carbocycles. The summed E-state index contributed by atoms with van der Waals surface area (Å²) in [5.74, 6) is 0.0768. The fourth-order valence-corrected chi connectivity index (χ4v) is 10.3. The number of nitrogens with zero attached hydrogens (tertiary/aromatic N) is 6. The summed E-state index contributed by atoms with van der Waals surface area (Å²) in [7, 11) is 0. The Morgan fingerprint density at radius 1 is 0.345 bits per heavy atom. The summed E-state index contributed by atoms with van der Waals surface area (Å²) in [5.41, 5.74) is 1.40. The second kappa shape index (κ2) is 13.9. The lowest BCUT2D eigenvalue weighted by atomic mass is 10.1. The zero-order valence-electron chi connectivity index (χ0n) is 25.4. The maximum absolute atomic E-state index is 6.88. The van der Waals surface area contributed by atoms with Gasteiger partial charge in [-0.25, -0.2) is 29.9 Å². The third-order valence-corrected chi connectivity index (χ3v) is 15.8. The van der Waals surface area contributed by atoms with Crippen molar-refractivity contribution in [3.05, 3.63) is 80.9 Å². The maximum Gasteiger partial charge on any atom is 0.166 e. The van der Waals surface area contributed by atoms with Crippen LogP contribution in [0.15, 0.2) is 10.5 Å². The first-order valence-electron chi connectivity index (χ1n) is 14.6. The average molecular weight is 1080 g/mol. The van der Waals surface area contributed by atoms with Gasteiger partial charge in [-0.15, -0.1) is 0 Å². The molecule has 0 spiro atoms. The van der Waals surface area contributed by atoms with Gasteiger partial charge in [0.05, 0.1) is 97.8 Å². The molecule has 7 aromatic rings. The lowest BCUT2D eigenvalue weighted by Gasteiger charge is -2.09. The highest BCUT2D eigenvalue weighted by molar-refractivity contribution is 9.10. The minimum atomic E-state index is -0.0646. The van der Waals surface area contributed by atoms with E-state index in [0.717, 1.165) is 0 Å². The van der Waals surface area contributed by atoms with Crippen molar-refractivity contribution in [1.82, 2.24) is 39.9 Å². The number of H-pyrrole nitrogens is 2. The normalized spacial score (nSPS) is 12.3. The van der Waals surface area contributed by atoms with Gasteiger partial charge < -0.3 is 9.97 Å². The number of rotatable bonds is 0. The van der Waals surface area contributed by atoms with Crippen LogP contribution in [-0.4, -0.2) is 39.9 Å². The van der Waals surface area contributed by atoms with Crippen LogP contribution in [-0.2, 0) is 0 Å². The van der Waals surface area contributed by atoms with Gasteiger partial charge >= 0.3 is 0 Å². The summed E-state index contributed by atoms with van der Waals surface area (Å²) in [5, 5.41) is 1.10. The summed E-state index contributed by atoms with van der Waals surface area (Å²) >= 11 is 97.2. The highest BCUT2D eigenvalue weighted by Gasteiger charge is 2.32. The van der Waals surface area contributed by atoms with Gasteiger partial charge in [0.15, 0.2) is 23.3 Å². The van der Waals surface area contributed by atoms with Crippen LogP contribution < -0.4 is 0 Å². The number of hydrogen-bond acceptors (Lipinski definition) is 6. The van der Waals surface area contributed by atoms with Crippen molar-refractivity contribution in [2.45, 2.75) is 0 Å². The molecule has 0 saturated heterocycles. The van der Waals surface area contributed by atoms with Crippen molar-refractivity contribution in [2.75, 3.05) is 0 Å². The molecule has 0 saturated carbocycles. The molecule has 23 heteroatoms. The van der Waals surface area contributed by atoms with E-state index in [1.807, 2.05) is 0 Å². The summed E-state index contributed by atoms with van der Waals surface area (Å²) in [6.45, 7) is 0. The molecule has 8 nitrogen and oxygen atoms in total. The fraction of sp³-hybridized carbons (Fsp3) is 0. The Balaban J connectivity index is 1.60. The van der Waals surface area contributed by atoms with Gasteiger partial charge in [-0.05, 0) is 22.0 Å². The maximum atomic E-state index is 6.88. The largest absolute Gasteiger partial charge is 0.324 e. The van der Waals surface area contributed by atoms with Gasteiger partial charge in [0.2, 0.25) is 0 Å². The number of fused-ring (bicyclic) bond motifs is 20.